The van der Waals surface area contributed by atoms with Gasteiger partial charge in [0.05, 0.1) is 11.6 Å². The monoisotopic (exact) mass is 728 g/mol. The van der Waals surface area contributed by atoms with Gasteiger partial charge in [-0.15, -0.1) is 0 Å². The first-order chi connectivity index (χ1) is 28.0. The number of hydrogen-bond acceptors (Lipinski definition) is 3. The molecule has 0 saturated heterocycles. The summed E-state index contributed by atoms with van der Waals surface area (Å²) in [5.41, 5.74) is 10.3. The number of furan rings is 1. The molecule has 1 aromatic heterocycles. The van der Waals surface area contributed by atoms with Crippen LogP contribution in [-0.2, 0) is 0 Å². The molecule has 0 bridgehead atoms. The van der Waals surface area contributed by atoms with E-state index in [-0.39, 0.29) is 0 Å². The second kappa shape index (κ2) is 13.6. The van der Waals surface area contributed by atoms with E-state index in [0.717, 1.165) is 66.5 Å². The molecule has 0 N–H and O–H groups in total. The first kappa shape index (κ1) is 33.9. The summed E-state index contributed by atoms with van der Waals surface area (Å²) in [7, 11) is 0. The van der Waals surface area contributed by atoms with Crippen molar-refractivity contribution < 1.29 is 4.42 Å². The normalized spacial score (nSPS) is 11.6. The van der Waals surface area contributed by atoms with Crippen LogP contribution in [0.4, 0.5) is 11.4 Å². The zero-order chi connectivity index (χ0) is 38.6. The minimum Gasteiger partial charge on any atom is -0.456 e. The minimum atomic E-state index is 0.612. The molecule has 3 heteroatoms. The van der Waals surface area contributed by atoms with Crippen molar-refractivity contribution >= 4 is 82.0 Å². The molecule has 0 fully saturated rings. The average Bonchev–Trinajstić information content (AvgIpc) is 3.62. The topological polar surface area (TPSA) is 40.2 Å². The number of fused-ring (bicyclic) bond motifs is 7. The van der Waals surface area contributed by atoms with E-state index in [1.54, 1.807) is 0 Å². The van der Waals surface area contributed by atoms with Crippen LogP contribution in [0.15, 0.2) is 199 Å². The Morgan fingerprint density at radius 1 is 0.544 bits per heavy atom. The van der Waals surface area contributed by atoms with Crippen molar-refractivity contribution in [2.24, 2.45) is 0 Å². The third kappa shape index (κ3) is 5.58. The van der Waals surface area contributed by atoms with Gasteiger partial charge in [-0.3, -0.25) is 0 Å². The van der Waals surface area contributed by atoms with Crippen LogP contribution in [-0.4, -0.2) is 0 Å². The predicted molar refractivity (Wildman–Crippen MR) is 241 cm³/mol. The highest BCUT2D eigenvalue weighted by atomic mass is 16.3. The van der Waals surface area contributed by atoms with Crippen molar-refractivity contribution in [2.45, 2.75) is 6.92 Å². The summed E-state index contributed by atoms with van der Waals surface area (Å²) >= 11 is 0. The second-order valence-corrected chi connectivity index (χ2v) is 14.6. The second-order valence-electron chi connectivity index (χ2n) is 14.6. The molecule has 0 spiro atoms. The zero-order valence-electron chi connectivity index (χ0n) is 31.5. The fourth-order valence-corrected chi connectivity index (χ4v) is 8.67. The fraction of sp³-hybridized carbons (Fsp3) is 0.0185. The SMILES string of the molecule is C=C(/C=C\C(=C)N(c1ccc2oc3ccccc3c2c1)c1ccc(C#N)cc1C)c1c2ccccc2c(-c2c3ccccc3cc3ccccc23)c2ccccc12. The summed E-state index contributed by atoms with van der Waals surface area (Å²) in [5.74, 6) is 0. The largest absolute Gasteiger partial charge is 0.456 e. The molecule has 0 radical (unpaired) electrons. The highest BCUT2D eigenvalue weighted by Crippen LogP contribution is 2.47. The van der Waals surface area contributed by atoms with Crippen LogP contribution in [0.5, 0.6) is 0 Å². The van der Waals surface area contributed by atoms with E-state index in [9.17, 15) is 5.26 Å². The molecule has 10 rings (SSSR count). The highest BCUT2D eigenvalue weighted by Gasteiger charge is 2.21. The van der Waals surface area contributed by atoms with Gasteiger partial charge < -0.3 is 9.32 Å². The molecule has 9 aromatic carbocycles. The lowest BCUT2D eigenvalue weighted by Gasteiger charge is -2.27. The molecule has 1 heterocycles. The molecule has 0 aliphatic heterocycles. The zero-order valence-corrected chi connectivity index (χ0v) is 31.5. The number of hydrogen-bond donors (Lipinski definition) is 0. The molecule has 0 atom stereocenters. The summed E-state index contributed by atoms with van der Waals surface area (Å²) < 4.78 is 6.18. The maximum Gasteiger partial charge on any atom is 0.135 e. The maximum absolute atomic E-state index is 9.68. The smallest absolute Gasteiger partial charge is 0.135 e. The van der Waals surface area contributed by atoms with Gasteiger partial charge in [0.2, 0.25) is 0 Å². The Hall–Kier alpha value is -7.67. The quantitative estimate of drug-likeness (QED) is 0.121. The Bertz CT molecular complexity index is 3260. The Kier molecular flexibility index (Phi) is 8.06. The molecule has 0 unspecified atom stereocenters. The molecule has 268 valence electrons. The lowest BCUT2D eigenvalue weighted by Crippen LogP contribution is -2.15. The van der Waals surface area contributed by atoms with E-state index in [1.807, 2.05) is 55.5 Å². The molecule has 0 saturated carbocycles. The van der Waals surface area contributed by atoms with Gasteiger partial charge in [-0.25, -0.2) is 0 Å². The molecule has 0 aliphatic carbocycles. The van der Waals surface area contributed by atoms with Crippen LogP contribution >= 0.6 is 0 Å². The van der Waals surface area contributed by atoms with E-state index >= 15 is 0 Å². The van der Waals surface area contributed by atoms with Crippen molar-refractivity contribution in [1.29, 1.82) is 5.26 Å². The molecule has 3 nitrogen and oxygen atoms in total. The van der Waals surface area contributed by atoms with Gasteiger partial charge in [0, 0.05) is 27.8 Å². The van der Waals surface area contributed by atoms with Crippen molar-refractivity contribution in [2.75, 3.05) is 4.90 Å². The van der Waals surface area contributed by atoms with Gasteiger partial charge in [-0.05, 0) is 132 Å². The number of aryl methyl sites for hydroxylation is 1. The number of benzene rings is 9. The van der Waals surface area contributed by atoms with Crippen LogP contribution in [0.3, 0.4) is 0 Å². The van der Waals surface area contributed by atoms with Crippen LogP contribution in [0.1, 0.15) is 16.7 Å². The van der Waals surface area contributed by atoms with E-state index in [2.05, 4.69) is 145 Å². The summed E-state index contributed by atoms with van der Waals surface area (Å²) in [6.07, 6.45) is 4.13. The summed E-state index contributed by atoms with van der Waals surface area (Å²) in [5, 5.41) is 21.3. The number of anilines is 2. The number of para-hydroxylation sites is 1. The van der Waals surface area contributed by atoms with Crippen molar-refractivity contribution in [3.05, 3.63) is 211 Å². The minimum absolute atomic E-state index is 0.612. The van der Waals surface area contributed by atoms with Crippen LogP contribution < -0.4 is 4.90 Å². The van der Waals surface area contributed by atoms with E-state index < -0.39 is 0 Å². The van der Waals surface area contributed by atoms with Gasteiger partial charge in [-0.1, -0.05) is 134 Å². The number of nitrogens with zero attached hydrogens (tertiary/aromatic N) is 2. The van der Waals surface area contributed by atoms with Crippen molar-refractivity contribution in [1.82, 2.24) is 0 Å². The molecule has 0 amide bonds. The van der Waals surface area contributed by atoms with E-state index in [0.29, 0.717) is 5.56 Å². The third-order valence-electron chi connectivity index (χ3n) is 11.2. The maximum atomic E-state index is 9.68. The lowest BCUT2D eigenvalue weighted by molar-refractivity contribution is 0.669. The molecule has 10 aromatic rings. The Balaban J connectivity index is 1.13. The number of allylic oxidation sites excluding steroid dienone is 3. The first-order valence-electron chi connectivity index (χ1n) is 19.1. The molecule has 57 heavy (non-hydrogen) atoms. The van der Waals surface area contributed by atoms with Gasteiger partial charge >= 0.3 is 0 Å². The Morgan fingerprint density at radius 2 is 1.09 bits per heavy atom. The molecular weight excluding hydrogens is 693 g/mol. The van der Waals surface area contributed by atoms with E-state index in [4.69, 9.17) is 11.0 Å². The first-order valence-corrected chi connectivity index (χ1v) is 19.1. The van der Waals surface area contributed by atoms with Crippen LogP contribution in [0.25, 0.3) is 81.7 Å². The average molecular weight is 729 g/mol. The Morgan fingerprint density at radius 3 is 1.72 bits per heavy atom. The lowest BCUT2D eigenvalue weighted by atomic mass is 9.83. The van der Waals surface area contributed by atoms with Crippen LogP contribution in [0, 0.1) is 18.3 Å². The van der Waals surface area contributed by atoms with E-state index in [1.165, 1.54) is 43.4 Å². The highest BCUT2D eigenvalue weighted by molar-refractivity contribution is 6.26. The standard InChI is InChI=1S/C54H36N2O/c1-34(24-25-36(3)56(49-28-26-37(33-55)30-35(49)2)40-27-29-51-48(32-40)43-18-12-13-23-50(43)57-51)52-44-19-8-10-21-46(44)54(47-22-11-9-20-45(47)52)53-41-16-6-4-14-38(41)31-39-15-5-7-17-42(39)53/h4-32H,1,3H2,2H3/b25-24-. The summed E-state index contributed by atoms with van der Waals surface area (Å²) in [4.78, 5) is 2.15. The third-order valence-corrected chi connectivity index (χ3v) is 11.2. The van der Waals surface area contributed by atoms with Gasteiger partial charge in [0.25, 0.3) is 0 Å². The molecular formula is C54H36N2O. The summed E-state index contributed by atoms with van der Waals surface area (Å²) in [6, 6.07) is 59.6. The van der Waals surface area contributed by atoms with Crippen molar-refractivity contribution in [3.8, 4) is 17.2 Å². The Labute approximate surface area is 330 Å². The fourth-order valence-electron chi connectivity index (χ4n) is 8.67. The molecule has 0 aliphatic rings. The van der Waals surface area contributed by atoms with Gasteiger partial charge in [-0.2, -0.15) is 5.26 Å². The number of rotatable bonds is 7. The number of nitriles is 1. The summed E-state index contributed by atoms with van der Waals surface area (Å²) in [6.45, 7) is 11.4. The van der Waals surface area contributed by atoms with Crippen LogP contribution in [0.2, 0.25) is 0 Å². The van der Waals surface area contributed by atoms with Crippen molar-refractivity contribution in [3.63, 3.8) is 0 Å². The van der Waals surface area contributed by atoms with Gasteiger partial charge in [0.1, 0.15) is 11.2 Å². The van der Waals surface area contributed by atoms with Gasteiger partial charge in [0.15, 0.2) is 0 Å². The predicted octanol–water partition coefficient (Wildman–Crippen LogP) is 15.0.